The quantitative estimate of drug-likeness (QED) is 0.334. The predicted octanol–water partition coefficient (Wildman–Crippen LogP) is 1.37. The maximum absolute atomic E-state index is 2.28. The molecule has 0 bridgehead atoms. The van der Waals surface area contributed by atoms with Crippen LogP contribution in [0.15, 0.2) is 0 Å². The van der Waals surface area contributed by atoms with Crippen LogP contribution in [0, 0.1) is 0 Å². The zero-order valence-electron chi connectivity index (χ0n) is 13.2. The fraction of sp³-hybridized carbons (Fsp3) is 1.00. The van der Waals surface area contributed by atoms with Gasteiger partial charge in [0.1, 0.15) is 0 Å². The summed E-state index contributed by atoms with van der Waals surface area (Å²) in [6.07, 6.45) is 11.4. The summed E-state index contributed by atoms with van der Waals surface area (Å²) in [5.74, 6) is 0. The van der Waals surface area contributed by atoms with Crippen molar-refractivity contribution in [3.63, 3.8) is 0 Å². The van der Waals surface area contributed by atoms with Gasteiger partial charge in [0, 0.05) is 0 Å². The van der Waals surface area contributed by atoms with Gasteiger partial charge in [-0.05, 0) is 12.8 Å². The van der Waals surface area contributed by atoms with Crippen molar-refractivity contribution in [2.75, 3.05) is 27.7 Å². The molecule has 0 rings (SSSR count). The van der Waals surface area contributed by atoms with Crippen molar-refractivity contribution >= 4 is 12.4 Å². The van der Waals surface area contributed by atoms with Crippen LogP contribution in [0.1, 0.15) is 59.7 Å². The summed E-state index contributed by atoms with van der Waals surface area (Å²) in [4.78, 5) is 0. The molecule has 0 atom stereocenters. The maximum atomic E-state index is 2.28. The largest absolute Gasteiger partial charge is 1.00 e. The molecule has 0 aliphatic carbocycles. The molecule has 16 heavy (non-hydrogen) atoms. The molecule has 0 aromatic heterocycles. The molecular formula is C13H32ClNNa+. The molecule has 96 valence electrons. The van der Waals surface area contributed by atoms with E-state index in [1.54, 1.807) is 0 Å². The molecule has 0 spiro atoms. The molecule has 0 amide bonds. The van der Waals surface area contributed by atoms with Crippen molar-refractivity contribution < 1.29 is 35.5 Å². The van der Waals surface area contributed by atoms with Crippen molar-refractivity contribution in [2.45, 2.75) is 58.3 Å². The standard InChI is InChI=1S/C13H30N.ClH.Na.H/c1-5-6-7-8-9-10-11-12-13-14(2,3)4;;;/h5-13H2,1-4H3;1H;;/q+1;;+1;-1. The Bertz CT molecular complexity index is 129. The van der Waals surface area contributed by atoms with Crippen LogP contribution in [0.5, 0.6) is 0 Å². The third kappa shape index (κ3) is 20.6. The first kappa shape index (κ1) is 22.4. The molecule has 0 saturated carbocycles. The second kappa shape index (κ2) is 14.3. The minimum absolute atomic E-state index is 0. The zero-order valence-corrected chi connectivity index (χ0v) is 15.0. The van der Waals surface area contributed by atoms with E-state index in [0.29, 0.717) is 0 Å². The Hall–Kier alpha value is 1.25. The summed E-state index contributed by atoms with van der Waals surface area (Å²) in [6, 6.07) is 0. The first-order valence-corrected chi connectivity index (χ1v) is 6.36. The van der Waals surface area contributed by atoms with E-state index >= 15 is 0 Å². The first-order chi connectivity index (χ1) is 6.56. The Balaban J connectivity index is -0.000000282. The van der Waals surface area contributed by atoms with Gasteiger partial charge in [-0.25, -0.2) is 0 Å². The van der Waals surface area contributed by atoms with Crippen LogP contribution in [0.4, 0.5) is 0 Å². The van der Waals surface area contributed by atoms with E-state index in [1.165, 1.54) is 57.9 Å². The van der Waals surface area contributed by atoms with Crippen LogP contribution in [-0.2, 0) is 0 Å². The van der Waals surface area contributed by atoms with Gasteiger partial charge in [-0.15, -0.1) is 12.4 Å². The number of unbranched alkanes of at least 4 members (excludes halogenated alkanes) is 7. The van der Waals surface area contributed by atoms with Crippen LogP contribution in [-0.4, -0.2) is 32.2 Å². The van der Waals surface area contributed by atoms with E-state index in [-0.39, 0.29) is 43.4 Å². The van der Waals surface area contributed by atoms with Crippen LogP contribution < -0.4 is 29.6 Å². The summed E-state index contributed by atoms with van der Waals surface area (Å²) in [7, 11) is 6.84. The zero-order chi connectivity index (χ0) is 10.9. The van der Waals surface area contributed by atoms with Gasteiger partial charge in [-0.3, -0.25) is 0 Å². The van der Waals surface area contributed by atoms with E-state index in [9.17, 15) is 0 Å². The van der Waals surface area contributed by atoms with Gasteiger partial charge in [0.05, 0.1) is 27.7 Å². The van der Waals surface area contributed by atoms with Gasteiger partial charge in [0.25, 0.3) is 0 Å². The average Bonchev–Trinajstić information content (AvgIpc) is 2.08. The Kier molecular flexibility index (Phi) is 20.1. The fourth-order valence-electron chi connectivity index (χ4n) is 1.72. The Labute approximate surface area is 133 Å². The van der Waals surface area contributed by atoms with Crippen LogP contribution >= 0.6 is 12.4 Å². The Morgan fingerprint density at radius 2 is 1.12 bits per heavy atom. The topological polar surface area (TPSA) is 0 Å². The van der Waals surface area contributed by atoms with E-state index in [1.807, 2.05) is 0 Å². The molecule has 0 aromatic carbocycles. The minimum atomic E-state index is 0. The van der Waals surface area contributed by atoms with E-state index < -0.39 is 0 Å². The minimum Gasteiger partial charge on any atom is -1.00 e. The van der Waals surface area contributed by atoms with E-state index in [0.717, 1.165) is 4.48 Å². The molecule has 0 fully saturated rings. The maximum Gasteiger partial charge on any atom is 1.00 e. The molecular weight excluding hydrogens is 229 g/mol. The van der Waals surface area contributed by atoms with Gasteiger partial charge in [0.2, 0.25) is 0 Å². The molecule has 0 heterocycles. The molecule has 0 saturated heterocycles. The molecule has 0 aliphatic rings. The van der Waals surface area contributed by atoms with Crippen molar-refractivity contribution in [1.82, 2.24) is 0 Å². The van der Waals surface area contributed by atoms with Crippen molar-refractivity contribution in [2.24, 2.45) is 0 Å². The monoisotopic (exact) mass is 260 g/mol. The molecule has 0 aromatic rings. The van der Waals surface area contributed by atoms with Gasteiger partial charge in [0.15, 0.2) is 0 Å². The van der Waals surface area contributed by atoms with Crippen LogP contribution in [0.2, 0.25) is 0 Å². The fourth-order valence-corrected chi connectivity index (χ4v) is 1.72. The normalized spacial score (nSPS) is 10.5. The number of rotatable bonds is 9. The third-order valence-corrected chi connectivity index (χ3v) is 2.68. The average molecular weight is 261 g/mol. The summed E-state index contributed by atoms with van der Waals surface area (Å²) < 4.78 is 1.12. The molecule has 1 nitrogen and oxygen atoms in total. The van der Waals surface area contributed by atoms with Crippen molar-refractivity contribution in [3.8, 4) is 0 Å². The van der Waals surface area contributed by atoms with E-state index in [2.05, 4.69) is 28.1 Å². The summed E-state index contributed by atoms with van der Waals surface area (Å²) in [5, 5.41) is 0. The third-order valence-electron chi connectivity index (χ3n) is 2.68. The smallest absolute Gasteiger partial charge is 1.00 e. The summed E-state index contributed by atoms with van der Waals surface area (Å²) in [6.45, 7) is 3.61. The van der Waals surface area contributed by atoms with Gasteiger partial charge < -0.3 is 5.91 Å². The van der Waals surface area contributed by atoms with Gasteiger partial charge >= 0.3 is 29.6 Å². The van der Waals surface area contributed by atoms with E-state index in [4.69, 9.17) is 0 Å². The number of hydrogen-bond donors (Lipinski definition) is 0. The van der Waals surface area contributed by atoms with Crippen molar-refractivity contribution in [1.29, 1.82) is 0 Å². The molecule has 0 radical (unpaired) electrons. The second-order valence-electron chi connectivity index (χ2n) is 5.49. The SMILES string of the molecule is CCCCCCCCCC[N+](C)(C)C.Cl.[H-].[Na+]. The number of quaternary nitrogens is 1. The number of halogens is 1. The summed E-state index contributed by atoms with van der Waals surface area (Å²) in [5.41, 5.74) is 0. The summed E-state index contributed by atoms with van der Waals surface area (Å²) >= 11 is 0. The Morgan fingerprint density at radius 3 is 1.50 bits per heavy atom. The van der Waals surface area contributed by atoms with Crippen LogP contribution in [0.3, 0.4) is 0 Å². The second-order valence-corrected chi connectivity index (χ2v) is 5.49. The predicted molar refractivity (Wildman–Crippen MR) is 73.9 cm³/mol. The molecule has 0 N–H and O–H groups in total. The van der Waals surface area contributed by atoms with Crippen molar-refractivity contribution in [3.05, 3.63) is 0 Å². The number of hydrogen-bond acceptors (Lipinski definition) is 0. The van der Waals surface area contributed by atoms with Gasteiger partial charge in [-0.1, -0.05) is 45.4 Å². The number of nitrogens with zero attached hydrogens (tertiary/aromatic N) is 1. The molecule has 3 heteroatoms. The first-order valence-electron chi connectivity index (χ1n) is 6.36. The van der Waals surface area contributed by atoms with Gasteiger partial charge in [-0.2, -0.15) is 0 Å². The van der Waals surface area contributed by atoms with Crippen LogP contribution in [0.25, 0.3) is 0 Å². The molecule has 0 aliphatic heterocycles. The Morgan fingerprint density at radius 1 is 0.750 bits per heavy atom. The molecule has 0 unspecified atom stereocenters.